The average molecular weight is 236 g/mol. The molecule has 0 aliphatic carbocycles. The van der Waals surface area contributed by atoms with E-state index in [2.05, 4.69) is 4.98 Å². The summed E-state index contributed by atoms with van der Waals surface area (Å²) < 4.78 is 5.20. The van der Waals surface area contributed by atoms with Crippen LogP contribution in [0.5, 0.6) is 0 Å². The first-order chi connectivity index (χ1) is 8.18. The first kappa shape index (κ1) is 12.0. The Morgan fingerprint density at radius 1 is 1.71 bits per heavy atom. The molecule has 1 aromatic heterocycles. The number of rotatable bonds is 3. The Morgan fingerprint density at radius 3 is 3.24 bits per heavy atom. The van der Waals surface area contributed by atoms with E-state index in [4.69, 9.17) is 9.84 Å². The van der Waals surface area contributed by atoms with Crippen LogP contribution in [0.15, 0.2) is 18.3 Å². The number of hydrogen-bond acceptors (Lipinski definition) is 4. The van der Waals surface area contributed by atoms with Crippen molar-refractivity contribution in [1.29, 1.82) is 0 Å². The Labute approximate surface area is 100 Å². The highest BCUT2D eigenvalue weighted by Crippen LogP contribution is 2.13. The molecular weight excluding hydrogens is 220 g/mol. The van der Waals surface area contributed by atoms with Gasteiger partial charge in [-0.2, -0.15) is 0 Å². The van der Waals surface area contributed by atoms with Crippen molar-refractivity contribution in [2.24, 2.45) is 0 Å². The molecule has 1 aliphatic heterocycles. The van der Waals surface area contributed by atoms with Crippen molar-refractivity contribution < 1.29 is 14.6 Å². The lowest BCUT2D eigenvalue weighted by Crippen LogP contribution is -2.49. The summed E-state index contributed by atoms with van der Waals surface area (Å²) >= 11 is 0. The van der Waals surface area contributed by atoms with E-state index in [0.29, 0.717) is 19.7 Å². The molecule has 0 aromatic carbocycles. The molecule has 1 atom stereocenters. The molecule has 0 saturated carbocycles. The molecule has 1 aromatic rings. The molecule has 1 fully saturated rings. The normalized spacial score (nSPS) is 21.4. The van der Waals surface area contributed by atoms with Gasteiger partial charge in [-0.25, -0.2) is 0 Å². The van der Waals surface area contributed by atoms with Gasteiger partial charge in [-0.15, -0.1) is 0 Å². The van der Waals surface area contributed by atoms with E-state index >= 15 is 0 Å². The molecule has 0 amide bonds. The SMILES string of the molecule is Cc1cccnc1CN1CCOCC1C(=O)O. The van der Waals surface area contributed by atoms with E-state index in [-0.39, 0.29) is 6.61 Å². The molecule has 2 heterocycles. The van der Waals surface area contributed by atoms with Gasteiger partial charge < -0.3 is 9.84 Å². The third kappa shape index (κ3) is 2.81. The predicted octanol–water partition coefficient (Wildman–Crippen LogP) is 0.675. The van der Waals surface area contributed by atoms with E-state index in [9.17, 15) is 4.79 Å². The maximum Gasteiger partial charge on any atom is 0.323 e. The number of aryl methyl sites for hydroxylation is 1. The molecule has 1 unspecified atom stereocenters. The quantitative estimate of drug-likeness (QED) is 0.836. The fraction of sp³-hybridized carbons (Fsp3) is 0.500. The second-order valence-corrected chi connectivity index (χ2v) is 4.17. The summed E-state index contributed by atoms with van der Waals surface area (Å²) in [5.41, 5.74) is 2.02. The number of morpholine rings is 1. The Balaban J connectivity index is 2.11. The fourth-order valence-corrected chi connectivity index (χ4v) is 1.93. The number of carbonyl (C=O) groups is 1. The minimum absolute atomic E-state index is 0.251. The highest BCUT2D eigenvalue weighted by molar-refractivity contribution is 5.73. The Bertz CT molecular complexity index is 408. The van der Waals surface area contributed by atoms with E-state index < -0.39 is 12.0 Å². The Kier molecular flexibility index (Phi) is 3.71. The highest BCUT2D eigenvalue weighted by Gasteiger charge is 2.29. The van der Waals surface area contributed by atoms with Crippen molar-refractivity contribution in [2.75, 3.05) is 19.8 Å². The summed E-state index contributed by atoms with van der Waals surface area (Å²) in [6.45, 7) is 4.01. The van der Waals surface area contributed by atoms with Gasteiger partial charge in [0.15, 0.2) is 0 Å². The molecule has 1 N–H and O–H groups in total. The lowest BCUT2D eigenvalue weighted by Gasteiger charge is -2.32. The molecule has 1 saturated heterocycles. The largest absolute Gasteiger partial charge is 0.480 e. The number of hydrogen-bond donors (Lipinski definition) is 1. The number of carboxylic acids is 1. The molecule has 0 spiro atoms. The summed E-state index contributed by atoms with van der Waals surface area (Å²) in [5.74, 6) is -0.835. The third-order valence-electron chi connectivity index (χ3n) is 3.00. The molecule has 5 heteroatoms. The van der Waals surface area contributed by atoms with Crippen LogP contribution in [0.25, 0.3) is 0 Å². The Hall–Kier alpha value is -1.46. The minimum atomic E-state index is -0.835. The second kappa shape index (κ2) is 5.25. The minimum Gasteiger partial charge on any atom is -0.480 e. The number of pyridine rings is 1. The first-order valence-corrected chi connectivity index (χ1v) is 5.63. The number of aliphatic carboxylic acids is 1. The van der Waals surface area contributed by atoms with Gasteiger partial charge in [0.05, 0.1) is 18.9 Å². The fourth-order valence-electron chi connectivity index (χ4n) is 1.93. The van der Waals surface area contributed by atoms with Gasteiger partial charge in [0.25, 0.3) is 0 Å². The smallest absolute Gasteiger partial charge is 0.323 e. The molecule has 92 valence electrons. The van der Waals surface area contributed by atoms with Crippen LogP contribution in [0, 0.1) is 6.92 Å². The maximum atomic E-state index is 11.1. The number of ether oxygens (including phenoxy) is 1. The summed E-state index contributed by atoms with van der Waals surface area (Å²) in [7, 11) is 0. The van der Waals surface area contributed by atoms with Gasteiger partial charge in [-0.1, -0.05) is 6.07 Å². The topological polar surface area (TPSA) is 62.7 Å². The zero-order valence-electron chi connectivity index (χ0n) is 9.80. The third-order valence-corrected chi connectivity index (χ3v) is 3.00. The van der Waals surface area contributed by atoms with Gasteiger partial charge in [-0.3, -0.25) is 14.7 Å². The molecular formula is C12H16N2O3. The summed E-state index contributed by atoms with van der Waals surface area (Å²) in [6.07, 6.45) is 1.73. The molecule has 2 rings (SSSR count). The number of nitrogens with zero attached hydrogens (tertiary/aromatic N) is 2. The average Bonchev–Trinajstić information content (AvgIpc) is 2.32. The standard InChI is InChI=1S/C12H16N2O3/c1-9-3-2-4-13-10(9)7-14-5-6-17-8-11(14)12(15)16/h2-4,11H,5-8H2,1H3,(H,15,16). The van der Waals surface area contributed by atoms with Crippen molar-refractivity contribution in [3.8, 4) is 0 Å². The monoisotopic (exact) mass is 236 g/mol. The van der Waals surface area contributed by atoms with Gasteiger partial charge >= 0.3 is 5.97 Å². The van der Waals surface area contributed by atoms with E-state index in [0.717, 1.165) is 11.3 Å². The Morgan fingerprint density at radius 2 is 2.53 bits per heavy atom. The highest BCUT2D eigenvalue weighted by atomic mass is 16.5. The van der Waals surface area contributed by atoms with Crippen molar-refractivity contribution >= 4 is 5.97 Å². The first-order valence-electron chi connectivity index (χ1n) is 5.63. The van der Waals surface area contributed by atoms with Crippen LogP contribution in [0.4, 0.5) is 0 Å². The van der Waals surface area contributed by atoms with Gasteiger partial charge in [0.2, 0.25) is 0 Å². The second-order valence-electron chi connectivity index (χ2n) is 4.17. The van der Waals surface area contributed by atoms with Gasteiger partial charge in [0.1, 0.15) is 6.04 Å². The van der Waals surface area contributed by atoms with Crippen LogP contribution in [-0.4, -0.2) is 46.8 Å². The predicted molar refractivity (Wildman–Crippen MR) is 61.6 cm³/mol. The molecule has 1 aliphatic rings. The van der Waals surface area contributed by atoms with Crippen LogP contribution in [0.2, 0.25) is 0 Å². The summed E-state index contributed by atoms with van der Waals surface area (Å²) in [6, 6.07) is 3.30. The molecule has 0 bridgehead atoms. The number of aromatic nitrogens is 1. The summed E-state index contributed by atoms with van der Waals surface area (Å²) in [5, 5.41) is 9.11. The molecule has 5 nitrogen and oxygen atoms in total. The summed E-state index contributed by atoms with van der Waals surface area (Å²) in [4.78, 5) is 17.3. The molecule has 17 heavy (non-hydrogen) atoms. The van der Waals surface area contributed by atoms with Crippen molar-refractivity contribution in [2.45, 2.75) is 19.5 Å². The van der Waals surface area contributed by atoms with Crippen LogP contribution >= 0.6 is 0 Å². The van der Waals surface area contributed by atoms with Crippen LogP contribution in [-0.2, 0) is 16.1 Å². The van der Waals surface area contributed by atoms with Crippen molar-refractivity contribution in [1.82, 2.24) is 9.88 Å². The van der Waals surface area contributed by atoms with Gasteiger partial charge in [0, 0.05) is 19.3 Å². The molecule has 0 radical (unpaired) electrons. The lowest BCUT2D eigenvalue weighted by molar-refractivity contribution is -0.150. The van der Waals surface area contributed by atoms with E-state index in [1.165, 1.54) is 0 Å². The van der Waals surface area contributed by atoms with E-state index in [1.807, 2.05) is 24.0 Å². The lowest BCUT2D eigenvalue weighted by atomic mass is 10.1. The van der Waals surface area contributed by atoms with Crippen molar-refractivity contribution in [3.63, 3.8) is 0 Å². The van der Waals surface area contributed by atoms with Crippen molar-refractivity contribution in [3.05, 3.63) is 29.6 Å². The zero-order valence-corrected chi connectivity index (χ0v) is 9.80. The van der Waals surface area contributed by atoms with Crippen LogP contribution in [0.3, 0.4) is 0 Å². The zero-order chi connectivity index (χ0) is 12.3. The number of carboxylic acid groups (broad SMARTS) is 1. The van der Waals surface area contributed by atoms with Crippen LogP contribution in [0.1, 0.15) is 11.3 Å². The van der Waals surface area contributed by atoms with Crippen LogP contribution < -0.4 is 0 Å². The van der Waals surface area contributed by atoms with E-state index in [1.54, 1.807) is 6.20 Å². The van der Waals surface area contributed by atoms with Gasteiger partial charge in [-0.05, 0) is 18.6 Å². The maximum absolute atomic E-state index is 11.1.